The summed E-state index contributed by atoms with van der Waals surface area (Å²) in [5, 5.41) is 2.92. The highest BCUT2D eigenvalue weighted by molar-refractivity contribution is 5.85. The van der Waals surface area contributed by atoms with Gasteiger partial charge in [-0.15, -0.1) is 12.4 Å². The van der Waals surface area contributed by atoms with Crippen LogP contribution in [0.4, 0.5) is 0 Å². The van der Waals surface area contributed by atoms with Crippen molar-refractivity contribution in [2.45, 2.75) is 0 Å². The molecule has 0 aromatic rings. The predicted octanol–water partition coefficient (Wildman–Crippen LogP) is -0.403. The molecule has 1 N–H and O–H groups in total. The van der Waals surface area contributed by atoms with Gasteiger partial charge in [0.1, 0.15) is 6.61 Å². The van der Waals surface area contributed by atoms with Gasteiger partial charge in [0.25, 0.3) is 0 Å². The van der Waals surface area contributed by atoms with Crippen LogP contribution in [0.5, 0.6) is 0 Å². The van der Waals surface area contributed by atoms with E-state index in [1.807, 2.05) is 0 Å². The monoisotopic (exact) mass is 151 g/mol. The van der Waals surface area contributed by atoms with Gasteiger partial charge in [0.05, 0.1) is 13.2 Å². The van der Waals surface area contributed by atoms with E-state index in [4.69, 9.17) is 4.74 Å². The van der Waals surface area contributed by atoms with E-state index in [-0.39, 0.29) is 24.8 Å². The number of Topliss-reactive ketones (excluding diaryl/α,β-unsaturated/α-hetero) is 1. The fourth-order valence-electron chi connectivity index (χ4n) is 0.609. The molecular formula is C5H10ClNO2. The first-order chi connectivity index (χ1) is 3.89. The van der Waals surface area contributed by atoms with Crippen LogP contribution in [0.15, 0.2) is 0 Å². The SMILES string of the molecule is Cl.O=C1CNCCOC1. The van der Waals surface area contributed by atoms with Crippen LogP contribution in [0.3, 0.4) is 0 Å². The molecule has 0 amide bonds. The van der Waals surface area contributed by atoms with Gasteiger partial charge in [-0.3, -0.25) is 4.79 Å². The third kappa shape index (κ3) is 3.46. The zero-order valence-corrected chi connectivity index (χ0v) is 5.87. The van der Waals surface area contributed by atoms with Crippen LogP contribution in [-0.4, -0.2) is 32.1 Å². The topological polar surface area (TPSA) is 38.3 Å². The van der Waals surface area contributed by atoms with E-state index in [2.05, 4.69) is 5.32 Å². The molecule has 0 unspecified atom stereocenters. The summed E-state index contributed by atoms with van der Waals surface area (Å²) in [4.78, 5) is 10.5. The number of carbonyl (C=O) groups is 1. The maximum Gasteiger partial charge on any atom is 0.172 e. The molecule has 0 aromatic heterocycles. The van der Waals surface area contributed by atoms with Gasteiger partial charge < -0.3 is 10.1 Å². The molecule has 1 aliphatic rings. The summed E-state index contributed by atoms with van der Waals surface area (Å²) in [6.07, 6.45) is 0. The molecule has 54 valence electrons. The summed E-state index contributed by atoms with van der Waals surface area (Å²) in [5.41, 5.74) is 0. The molecule has 1 heterocycles. The van der Waals surface area contributed by atoms with Crippen molar-refractivity contribution in [2.75, 3.05) is 26.3 Å². The highest BCUT2D eigenvalue weighted by Gasteiger charge is 2.04. The van der Waals surface area contributed by atoms with Gasteiger partial charge >= 0.3 is 0 Å². The minimum Gasteiger partial charge on any atom is -0.372 e. The van der Waals surface area contributed by atoms with Gasteiger partial charge in [0.2, 0.25) is 0 Å². The molecule has 1 rings (SSSR count). The molecule has 0 bridgehead atoms. The van der Waals surface area contributed by atoms with E-state index in [9.17, 15) is 4.79 Å². The molecule has 0 aliphatic carbocycles. The van der Waals surface area contributed by atoms with E-state index in [1.165, 1.54) is 0 Å². The lowest BCUT2D eigenvalue weighted by Crippen LogP contribution is -2.22. The highest BCUT2D eigenvalue weighted by Crippen LogP contribution is 1.80. The molecular weight excluding hydrogens is 142 g/mol. The van der Waals surface area contributed by atoms with Crippen LogP contribution in [-0.2, 0) is 9.53 Å². The molecule has 0 spiro atoms. The van der Waals surface area contributed by atoms with E-state index in [0.29, 0.717) is 13.2 Å². The van der Waals surface area contributed by atoms with Crippen LogP contribution in [0.1, 0.15) is 0 Å². The number of ketones is 1. The van der Waals surface area contributed by atoms with Gasteiger partial charge in [-0.25, -0.2) is 0 Å². The molecule has 1 fully saturated rings. The van der Waals surface area contributed by atoms with E-state index < -0.39 is 0 Å². The number of hydrogen-bond donors (Lipinski definition) is 1. The Morgan fingerprint density at radius 3 is 3.11 bits per heavy atom. The van der Waals surface area contributed by atoms with Crippen molar-refractivity contribution < 1.29 is 9.53 Å². The first-order valence-corrected chi connectivity index (χ1v) is 2.70. The van der Waals surface area contributed by atoms with Crippen LogP contribution in [0, 0.1) is 0 Å². The fourth-order valence-corrected chi connectivity index (χ4v) is 0.609. The average Bonchev–Trinajstić information content (AvgIpc) is 1.94. The highest BCUT2D eigenvalue weighted by atomic mass is 35.5. The van der Waals surface area contributed by atoms with Crippen molar-refractivity contribution in [1.29, 1.82) is 0 Å². The van der Waals surface area contributed by atoms with Gasteiger partial charge in [-0.2, -0.15) is 0 Å². The summed E-state index contributed by atoms with van der Waals surface area (Å²) < 4.78 is 4.89. The van der Waals surface area contributed by atoms with Crippen LogP contribution in [0.25, 0.3) is 0 Å². The standard InChI is InChI=1S/C5H9NO2.ClH/c7-5-3-6-1-2-8-4-5;/h6H,1-4H2;1H. The first-order valence-electron chi connectivity index (χ1n) is 2.70. The molecule has 0 saturated carbocycles. The number of hydrogen-bond acceptors (Lipinski definition) is 3. The molecule has 4 heteroatoms. The van der Waals surface area contributed by atoms with Crippen LogP contribution >= 0.6 is 12.4 Å². The van der Waals surface area contributed by atoms with Crippen LogP contribution < -0.4 is 5.32 Å². The zero-order valence-electron chi connectivity index (χ0n) is 5.05. The Morgan fingerprint density at radius 1 is 1.56 bits per heavy atom. The summed E-state index contributed by atoms with van der Waals surface area (Å²) in [5.74, 6) is 0.141. The number of ether oxygens (including phenoxy) is 1. The lowest BCUT2D eigenvalue weighted by atomic mass is 10.4. The van der Waals surface area contributed by atoms with E-state index >= 15 is 0 Å². The lowest BCUT2D eigenvalue weighted by molar-refractivity contribution is -0.121. The lowest BCUT2D eigenvalue weighted by Gasteiger charge is -1.90. The average molecular weight is 152 g/mol. The summed E-state index contributed by atoms with van der Waals surface area (Å²) in [6, 6.07) is 0. The molecule has 3 nitrogen and oxygen atoms in total. The Balaban J connectivity index is 0.000000640. The normalized spacial score (nSPS) is 20.2. The molecule has 1 saturated heterocycles. The second kappa shape index (κ2) is 4.73. The van der Waals surface area contributed by atoms with E-state index in [0.717, 1.165) is 6.54 Å². The second-order valence-corrected chi connectivity index (χ2v) is 1.77. The van der Waals surface area contributed by atoms with Crippen molar-refractivity contribution in [2.24, 2.45) is 0 Å². The minimum atomic E-state index is 0. The molecule has 0 aromatic carbocycles. The molecule has 0 radical (unpaired) electrons. The van der Waals surface area contributed by atoms with Crippen molar-refractivity contribution in [3.8, 4) is 0 Å². The summed E-state index contributed by atoms with van der Waals surface area (Å²) in [6.45, 7) is 2.21. The van der Waals surface area contributed by atoms with E-state index in [1.54, 1.807) is 0 Å². The maximum atomic E-state index is 10.5. The first kappa shape index (κ1) is 8.88. The number of nitrogens with one attached hydrogen (secondary N) is 1. The smallest absolute Gasteiger partial charge is 0.172 e. The Hall–Kier alpha value is -0.120. The Bertz CT molecular complexity index is 87.0. The van der Waals surface area contributed by atoms with Gasteiger partial charge in [-0.1, -0.05) is 0 Å². The quantitative estimate of drug-likeness (QED) is 0.512. The summed E-state index contributed by atoms with van der Waals surface area (Å²) >= 11 is 0. The Morgan fingerprint density at radius 2 is 2.33 bits per heavy atom. The third-order valence-electron chi connectivity index (χ3n) is 1.01. The van der Waals surface area contributed by atoms with Crippen molar-refractivity contribution in [3.63, 3.8) is 0 Å². The summed E-state index contributed by atoms with van der Waals surface area (Å²) in [7, 11) is 0. The predicted molar refractivity (Wildman–Crippen MR) is 35.9 cm³/mol. The number of carbonyl (C=O) groups excluding carboxylic acids is 1. The third-order valence-corrected chi connectivity index (χ3v) is 1.01. The van der Waals surface area contributed by atoms with Crippen molar-refractivity contribution in [3.05, 3.63) is 0 Å². The zero-order chi connectivity index (χ0) is 5.82. The van der Waals surface area contributed by atoms with Gasteiger partial charge in [-0.05, 0) is 0 Å². The van der Waals surface area contributed by atoms with Gasteiger partial charge in [0, 0.05) is 6.54 Å². The molecule has 9 heavy (non-hydrogen) atoms. The molecule has 1 aliphatic heterocycles. The fraction of sp³-hybridized carbons (Fsp3) is 0.800. The maximum absolute atomic E-state index is 10.5. The van der Waals surface area contributed by atoms with Crippen molar-refractivity contribution in [1.82, 2.24) is 5.32 Å². The van der Waals surface area contributed by atoms with Gasteiger partial charge in [0.15, 0.2) is 5.78 Å². The molecule has 0 atom stereocenters. The number of rotatable bonds is 0. The minimum absolute atomic E-state index is 0. The Kier molecular flexibility index (Phi) is 4.67. The second-order valence-electron chi connectivity index (χ2n) is 1.77. The number of halogens is 1. The Labute approximate surface area is 60.2 Å². The van der Waals surface area contributed by atoms with Crippen molar-refractivity contribution >= 4 is 18.2 Å². The largest absolute Gasteiger partial charge is 0.372 e. The van der Waals surface area contributed by atoms with Crippen LogP contribution in [0.2, 0.25) is 0 Å².